The van der Waals surface area contributed by atoms with E-state index in [4.69, 9.17) is 0 Å². The van der Waals surface area contributed by atoms with E-state index in [1.165, 1.54) is 11.6 Å². The number of rotatable bonds is 1. The summed E-state index contributed by atoms with van der Waals surface area (Å²) < 4.78 is 6.43. The highest BCUT2D eigenvalue weighted by Gasteiger charge is 2.24. The Bertz CT molecular complexity index is 1010. The van der Waals surface area contributed by atoms with Crippen molar-refractivity contribution >= 4 is 16.9 Å². The van der Waals surface area contributed by atoms with E-state index >= 15 is 0 Å². The quantitative estimate of drug-likeness (QED) is 0.674. The van der Waals surface area contributed by atoms with Crippen molar-refractivity contribution in [3.05, 3.63) is 32.7 Å². The van der Waals surface area contributed by atoms with Crippen molar-refractivity contribution in [1.29, 1.82) is 0 Å². The van der Waals surface area contributed by atoms with Crippen molar-refractivity contribution in [1.82, 2.24) is 23.1 Å². The fraction of sp³-hybridized carbons (Fsp3) is 0.533. The van der Waals surface area contributed by atoms with Gasteiger partial charge in [-0.25, -0.2) is 4.79 Å². The van der Waals surface area contributed by atoms with Gasteiger partial charge in [0.05, 0.1) is 0 Å². The number of nitrogens with zero attached hydrogens (tertiary/aromatic N) is 5. The summed E-state index contributed by atoms with van der Waals surface area (Å²) in [6, 6.07) is 0. The van der Waals surface area contributed by atoms with Gasteiger partial charge in [0.25, 0.3) is 5.56 Å². The fourth-order valence-electron chi connectivity index (χ4n) is 2.93. The predicted octanol–water partition coefficient (Wildman–Crippen LogP) is 1.00. The van der Waals surface area contributed by atoms with Crippen LogP contribution in [0.25, 0.3) is 16.9 Å². The van der Waals surface area contributed by atoms with E-state index in [0.29, 0.717) is 16.9 Å². The van der Waals surface area contributed by atoms with Crippen LogP contribution >= 0.6 is 0 Å². The summed E-state index contributed by atoms with van der Waals surface area (Å²) >= 11 is 0. The minimum absolute atomic E-state index is 0.0606. The molecular weight excluding hydrogens is 282 g/mol. The number of fused-ring (bicyclic) bond motifs is 3. The molecule has 0 saturated carbocycles. The second kappa shape index (κ2) is 4.34. The van der Waals surface area contributed by atoms with Crippen molar-refractivity contribution in [3.8, 4) is 0 Å². The van der Waals surface area contributed by atoms with E-state index in [1.807, 2.05) is 13.1 Å². The number of hydrogen-bond donors (Lipinski definition) is 0. The second-order valence-electron chi connectivity index (χ2n) is 6.67. The Hall–Kier alpha value is -2.31. The van der Waals surface area contributed by atoms with Gasteiger partial charge in [0.1, 0.15) is 0 Å². The summed E-state index contributed by atoms with van der Waals surface area (Å²) in [5.74, 6) is 0.695. The van der Waals surface area contributed by atoms with Crippen molar-refractivity contribution < 1.29 is 0 Å². The van der Waals surface area contributed by atoms with E-state index in [-0.39, 0.29) is 16.7 Å². The summed E-state index contributed by atoms with van der Waals surface area (Å²) in [4.78, 5) is 29.1. The molecule has 7 nitrogen and oxygen atoms in total. The van der Waals surface area contributed by atoms with E-state index in [9.17, 15) is 9.59 Å². The molecule has 0 spiro atoms. The minimum Gasteiger partial charge on any atom is -0.314 e. The van der Waals surface area contributed by atoms with Crippen LogP contribution in [0, 0.1) is 0 Å². The molecule has 0 atom stereocenters. The SMILES string of the molecule is CCn1c(C(C)(C)C)cn2c3c(=O)n(C)c(=O)n(C)c3nc12. The van der Waals surface area contributed by atoms with Crippen LogP contribution in [-0.4, -0.2) is 23.1 Å². The zero-order chi connectivity index (χ0) is 16.4. The highest BCUT2D eigenvalue weighted by molar-refractivity contribution is 5.75. The van der Waals surface area contributed by atoms with E-state index in [1.54, 1.807) is 11.4 Å². The first-order chi connectivity index (χ1) is 10.2. The summed E-state index contributed by atoms with van der Waals surface area (Å²) in [7, 11) is 3.13. The van der Waals surface area contributed by atoms with Crippen LogP contribution in [0.4, 0.5) is 0 Å². The summed E-state index contributed by atoms with van der Waals surface area (Å²) in [5, 5.41) is 0. The van der Waals surface area contributed by atoms with Gasteiger partial charge in [0, 0.05) is 37.9 Å². The van der Waals surface area contributed by atoms with Crippen LogP contribution in [0.15, 0.2) is 15.8 Å². The number of imidazole rings is 2. The first-order valence-corrected chi connectivity index (χ1v) is 7.36. The molecule has 3 aromatic heterocycles. The second-order valence-corrected chi connectivity index (χ2v) is 6.67. The summed E-state index contributed by atoms with van der Waals surface area (Å²) in [6.45, 7) is 9.18. The molecule has 0 radical (unpaired) electrons. The molecule has 0 amide bonds. The van der Waals surface area contributed by atoms with E-state index < -0.39 is 0 Å². The van der Waals surface area contributed by atoms with Gasteiger partial charge in [-0.3, -0.25) is 18.3 Å². The van der Waals surface area contributed by atoms with Gasteiger partial charge in [-0.1, -0.05) is 20.8 Å². The lowest BCUT2D eigenvalue weighted by atomic mass is 9.92. The lowest BCUT2D eigenvalue weighted by Crippen LogP contribution is -2.37. The van der Waals surface area contributed by atoms with Crippen LogP contribution in [0.2, 0.25) is 0 Å². The minimum atomic E-state index is -0.364. The van der Waals surface area contributed by atoms with Crippen LogP contribution in [0.3, 0.4) is 0 Å². The molecule has 22 heavy (non-hydrogen) atoms. The molecule has 0 aliphatic heterocycles. The highest BCUT2D eigenvalue weighted by atomic mass is 16.2. The molecule has 0 bridgehead atoms. The molecular formula is C15H21N5O2. The number of aromatic nitrogens is 5. The Morgan fingerprint density at radius 2 is 1.77 bits per heavy atom. The molecule has 0 aliphatic rings. The summed E-state index contributed by atoms with van der Waals surface area (Å²) in [5.41, 5.74) is 1.23. The maximum absolute atomic E-state index is 12.5. The molecule has 118 valence electrons. The number of aryl methyl sites for hydroxylation is 2. The zero-order valence-electron chi connectivity index (χ0n) is 13.8. The largest absolute Gasteiger partial charge is 0.332 e. The highest BCUT2D eigenvalue weighted by Crippen LogP contribution is 2.26. The molecule has 3 heterocycles. The summed E-state index contributed by atoms with van der Waals surface area (Å²) in [6.07, 6.45) is 1.96. The topological polar surface area (TPSA) is 66.2 Å². The third-order valence-electron chi connectivity index (χ3n) is 4.14. The normalized spacial score (nSPS) is 12.6. The standard InChI is InChI=1S/C15H21N5O2/c1-7-19-9(15(2,3)4)8-20-10-11(16-13(19)20)17(5)14(22)18(6)12(10)21/h8H,7H2,1-6H3. The molecule has 0 saturated heterocycles. The van der Waals surface area contributed by atoms with Crippen LogP contribution in [0.1, 0.15) is 33.4 Å². The third-order valence-corrected chi connectivity index (χ3v) is 4.14. The van der Waals surface area contributed by atoms with Gasteiger partial charge < -0.3 is 4.57 Å². The Labute approximate surface area is 127 Å². The first-order valence-electron chi connectivity index (χ1n) is 7.36. The van der Waals surface area contributed by atoms with E-state index in [0.717, 1.165) is 16.8 Å². The average Bonchev–Trinajstić information content (AvgIpc) is 2.97. The molecule has 0 aromatic carbocycles. The Kier molecular flexibility index (Phi) is 2.89. The molecule has 0 unspecified atom stereocenters. The molecule has 7 heteroatoms. The zero-order valence-corrected chi connectivity index (χ0v) is 13.8. The van der Waals surface area contributed by atoms with Gasteiger partial charge in [-0.15, -0.1) is 0 Å². The Morgan fingerprint density at radius 1 is 1.14 bits per heavy atom. The molecule has 3 rings (SSSR count). The molecule has 3 aromatic rings. The molecule has 0 aliphatic carbocycles. The lowest BCUT2D eigenvalue weighted by Gasteiger charge is -2.19. The maximum atomic E-state index is 12.5. The van der Waals surface area contributed by atoms with Gasteiger partial charge >= 0.3 is 5.69 Å². The van der Waals surface area contributed by atoms with Crippen LogP contribution in [-0.2, 0) is 26.1 Å². The third kappa shape index (κ3) is 1.71. The van der Waals surface area contributed by atoms with Crippen molar-refractivity contribution in [2.24, 2.45) is 14.1 Å². The predicted molar refractivity (Wildman–Crippen MR) is 85.5 cm³/mol. The van der Waals surface area contributed by atoms with Crippen LogP contribution in [0.5, 0.6) is 0 Å². The lowest BCUT2D eigenvalue weighted by molar-refractivity contribution is 0.530. The van der Waals surface area contributed by atoms with Gasteiger partial charge in [-0.2, -0.15) is 4.98 Å². The smallest absolute Gasteiger partial charge is 0.314 e. The van der Waals surface area contributed by atoms with Crippen molar-refractivity contribution in [2.45, 2.75) is 39.7 Å². The average molecular weight is 303 g/mol. The maximum Gasteiger partial charge on any atom is 0.332 e. The fourth-order valence-corrected chi connectivity index (χ4v) is 2.93. The Balaban J connectivity index is 2.59. The molecule has 0 fully saturated rings. The van der Waals surface area contributed by atoms with Crippen molar-refractivity contribution in [3.63, 3.8) is 0 Å². The first kappa shape index (κ1) is 14.6. The van der Waals surface area contributed by atoms with Gasteiger partial charge in [-0.05, 0) is 6.92 Å². The van der Waals surface area contributed by atoms with Gasteiger partial charge in [0.15, 0.2) is 11.2 Å². The van der Waals surface area contributed by atoms with Crippen molar-refractivity contribution in [2.75, 3.05) is 0 Å². The van der Waals surface area contributed by atoms with E-state index in [2.05, 4.69) is 30.3 Å². The molecule has 0 N–H and O–H groups in total. The monoisotopic (exact) mass is 303 g/mol. The van der Waals surface area contributed by atoms with Gasteiger partial charge in [0.2, 0.25) is 5.78 Å². The Morgan fingerprint density at radius 3 is 2.32 bits per heavy atom. The number of hydrogen-bond acceptors (Lipinski definition) is 3. The van der Waals surface area contributed by atoms with Crippen LogP contribution < -0.4 is 11.2 Å².